The van der Waals surface area contributed by atoms with Crippen molar-refractivity contribution in [2.24, 2.45) is 5.92 Å². The first-order valence-electron chi connectivity index (χ1n) is 10.1. The minimum atomic E-state index is 0.385. The third kappa shape index (κ3) is 4.13. The second kappa shape index (κ2) is 8.49. The van der Waals surface area contributed by atoms with Crippen molar-refractivity contribution in [3.63, 3.8) is 0 Å². The van der Waals surface area contributed by atoms with Gasteiger partial charge in [-0.05, 0) is 76.7 Å². The molecule has 3 aromatic heterocycles. The summed E-state index contributed by atoms with van der Waals surface area (Å²) in [6.07, 6.45) is 4.01. The molecule has 3 heterocycles. The Hall–Kier alpha value is -2.47. The summed E-state index contributed by atoms with van der Waals surface area (Å²) in [5.41, 5.74) is 6.90. The zero-order valence-electron chi connectivity index (χ0n) is 18.4. The van der Waals surface area contributed by atoms with Crippen LogP contribution in [0.15, 0.2) is 16.7 Å². The first-order valence-corrected chi connectivity index (χ1v) is 11.0. The van der Waals surface area contributed by atoms with Crippen molar-refractivity contribution in [3.05, 3.63) is 40.7 Å². The molecule has 29 heavy (non-hydrogen) atoms. The van der Waals surface area contributed by atoms with Gasteiger partial charge in [0.15, 0.2) is 0 Å². The average molecular weight is 411 g/mol. The Morgan fingerprint density at radius 1 is 1.24 bits per heavy atom. The first kappa shape index (κ1) is 21.2. The normalized spacial score (nSPS) is 12.2. The lowest BCUT2D eigenvalue weighted by atomic mass is 9.92. The minimum Gasteiger partial charge on any atom is -0.361 e. The van der Waals surface area contributed by atoms with Crippen LogP contribution in [0.25, 0.3) is 26.6 Å². The number of nitrogens with zero attached hydrogens (tertiary/aromatic N) is 2. The van der Waals surface area contributed by atoms with Gasteiger partial charge in [0.2, 0.25) is 0 Å². The van der Waals surface area contributed by atoms with E-state index in [9.17, 15) is 0 Å². The van der Waals surface area contributed by atoms with Gasteiger partial charge in [0.25, 0.3) is 0 Å². The molecule has 0 spiro atoms. The number of hydrogen-bond donors (Lipinski definition) is 2. The number of imidazole rings is 1. The van der Waals surface area contributed by atoms with E-state index in [1.165, 1.54) is 5.56 Å². The molecular weight excluding hydrogens is 380 g/mol. The Bertz CT molecular complexity index is 1040. The van der Waals surface area contributed by atoms with E-state index in [1.54, 1.807) is 11.3 Å². The van der Waals surface area contributed by atoms with Crippen LogP contribution in [0, 0.1) is 39.0 Å². The quantitative estimate of drug-likeness (QED) is 0.416. The third-order valence-corrected chi connectivity index (χ3v) is 6.63. The smallest absolute Gasteiger partial charge is 0.142 e. The van der Waals surface area contributed by atoms with Gasteiger partial charge in [-0.2, -0.15) is 0 Å². The highest BCUT2D eigenvalue weighted by Crippen LogP contribution is 2.41. The molecule has 0 radical (unpaired) electrons. The van der Waals surface area contributed by atoms with Crippen LogP contribution in [0.1, 0.15) is 62.1 Å². The Morgan fingerprint density at radius 3 is 2.48 bits per heavy atom. The maximum absolute atomic E-state index is 7.97. The summed E-state index contributed by atoms with van der Waals surface area (Å²) in [7, 11) is 0. The molecule has 0 aromatic carbocycles. The molecule has 0 atom stereocenters. The van der Waals surface area contributed by atoms with Crippen molar-refractivity contribution in [1.82, 2.24) is 15.1 Å². The van der Waals surface area contributed by atoms with Crippen LogP contribution < -0.4 is 0 Å². The summed E-state index contributed by atoms with van der Waals surface area (Å²) in [5.74, 6) is 2.11. The number of aryl methyl sites for hydroxylation is 4. The minimum absolute atomic E-state index is 0.385. The molecule has 0 saturated heterocycles. The number of nitrogens with one attached hydrogen (secondary N) is 2. The van der Waals surface area contributed by atoms with Crippen LogP contribution >= 0.6 is 11.3 Å². The molecule has 5 nitrogen and oxygen atoms in total. The number of H-pyrrole nitrogens is 1. The molecule has 0 unspecified atom stereocenters. The van der Waals surface area contributed by atoms with Crippen molar-refractivity contribution in [1.29, 1.82) is 5.41 Å². The van der Waals surface area contributed by atoms with Crippen LogP contribution in [0.5, 0.6) is 0 Å². The van der Waals surface area contributed by atoms with Gasteiger partial charge in [0.1, 0.15) is 17.3 Å². The fourth-order valence-electron chi connectivity index (χ4n) is 3.83. The molecule has 3 rings (SSSR count). The summed E-state index contributed by atoms with van der Waals surface area (Å²) in [5, 5.41) is 12.1. The molecule has 154 valence electrons. The molecule has 0 aliphatic heterocycles. The van der Waals surface area contributed by atoms with Gasteiger partial charge in [-0.25, -0.2) is 4.98 Å². The van der Waals surface area contributed by atoms with Crippen molar-refractivity contribution in [2.75, 3.05) is 0 Å². The van der Waals surface area contributed by atoms with Crippen LogP contribution in [-0.2, 0) is 0 Å². The zero-order chi connectivity index (χ0) is 21.3. The van der Waals surface area contributed by atoms with E-state index in [4.69, 9.17) is 14.9 Å². The number of aromatic amines is 1. The monoisotopic (exact) mass is 410 g/mol. The molecule has 6 heteroatoms. The van der Waals surface area contributed by atoms with E-state index < -0.39 is 0 Å². The van der Waals surface area contributed by atoms with E-state index in [-0.39, 0.29) is 0 Å². The summed E-state index contributed by atoms with van der Waals surface area (Å²) in [4.78, 5) is 10.8. The molecular formula is C23H30N4OS. The lowest BCUT2D eigenvalue weighted by molar-refractivity contribution is 0.393. The number of aromatic nitrogens is 3. The largest absolute Gasteiger partial charge is 0.361 e. The maximum Gasteiger partial charge on any atom is 0.142 e. The fraction of sp³-hybridized carbons (Fsp3) is 0.435. The van der Waals surface area contributed by atoms with Crippen molar-refractivity contribution < 1.29 is 4.52 Å². The van der Waals surface area contributed by atoms with Gasteiger partial charge in [-0.3, -0.25) is 0 Å². The SMILES string of the molecule is CCC(CC)/C(=C/C(C)=N)c1nc(-c2sc(-c3c(C)noc3C)cc2C)c(C)[nH]1. The molecule has 0 bridgehead atoms. The fourth-order valence-corrected chi connectivity index (χ4v) is 5.20. The highest BCUT2D eigenvalue weighted by Gasteiger charge is 2.22. The maximum atomic E-state index is 7.97. The standard InChI is InChI=1S/C23H30N4OS/c1-8-17(9-2)18(11-13(4)24)23-25-15(6)21(26-23)22-12(3)10-19(29-22)20-14(5)27-28-16(20)7/h10-11,17,24H,8-9H2,1-7H3,(H,25,26)/b18-11-,24-13?. The van der Waals surface area contributed by atoms with Gasteiger partial charge < -0.3 is 14.9 Å². The van der Waals surface area contributed by atoms with Crippen molar-refractivity contribution in [2.45, 2.75) is 61.3 Å². The first-order chi connectivity index (χ1) is 13.8. The van der Waals surface area contributed by atoms with E-state index in [0.29, 0.717) is 11.6 Å². The van der Waals surface area contributed by atoms with Crippen LogP contribution in [0.2, 0.25) is 0 Å². The molecule has 0 amide bonds. The number of rotatable bonds is 7. The van der Waals surface area contributed by atoms with E-state index in [0.717, 1.165) is 62.4 Å². The Balaban J connectivity index is 2.08. The van der Waals surface area contributed by atoms with Crippen LogP contribution in [0.4, 0.5) is 0 Å². The van der Waals surface area contributed by atoms with Crippen LogP contribution in [0.3, 0.4) is 0 Å². The van der Waals surface area contributed by atoms with Gasteiger partial charge in [0.05, 0.1) is 16.1 Å². The van der Waals surface area contributed by atoms with Crippen molar-refractivity contribution in [3.8, 4) is 21.0 Å². The molecule has 0 aliphatic carbocycles. The molecule has 0 saturated carbocycles. The highest BCUT2D eigenvalue weighted by molar-refractivity contribution is 7.19. The Morgan fingerprint density at radius 2 is 1.93 bits per heavy atom. The lowest BCUT2D eigenvalue weighted by Crippen LogP contribution is -2.04. The van der Waals surface area contributed by atoms with E-state index >= 15 is 0 Å². The number of hydrogen-bond acceptors (Lipinski definition) is 5. The summed E-state index contributed by atoms with van der Waals surface area (Å²) in [6, 6.07) is 2.19. The molecule has 2 N–H and O–H groups in total. The number of allylic oxidation sites excluding steroid dienone is 2. The Kier molecular flexibility index (Phi) is 6.22. The van der Waals surface area contributed by atoms with Crippen LogP contribution in [-0.4, -0.2) is 20.8 Å². The number of thiophene rings is 1. The molecule has 3 aromatic rings. The van der Waals surface area contributed by atoms with E-state index in [1.807, 2.05) is 26.8 Å². The second-order valence-corrected chi connectivity index (χ2v) is 8.73. The highest BCUT2D eigenvalue weighted by atomic mass is 32.1. The second-order valence-electron chi connectivity index (χ2n) is 7.68. The van der Waals surface area contributed by atoms with Gasteiger partial charge in [0, 0.05) is 16.3 Å². The lowest BCUT2D eigenvalue weighted by Gasteiger charge is -2.15. The van der Waals surface area contributed by atoms with Gasteiger partial charge >= 0.3 is 0 Å². The topological polar surface area (TPSA) is 78.6 Å². The van der Waals surface area contributed by atoms with E-state index in [2.05, 4.69) is 43.9 Å². The molecule has 0 aliphatic rings. The summed E-state index contributed by atoms with van der Waals surface area (Å²) in [6.45, 7) is 14.3. The third-order valence-electron chi connectivity index (χ3n) is 5.37. The predicted octanol–water partition coefficient (Wildman–Crippen LogP) is 6.89. The van der Waals surface area contributed by atoms with Gasteiger partial charge in [-0.15, -0.1) is 11.3 Å². The van der Waals surface area contributed by atoms with Crippen molar-refractivity contribution >= 4 is 22.6 Å². The van der Waals surface area contributed by atoms with Gasteiger partial charge in [-0.1, -0.05) is 19.0 Å². The average Bonchev–Trinajstić information content (AvgIpc) is 3.32. The summed E-state index contributed by atoms with van der Waals surface area (Å²) < 4.78 is 5.36. The Labute approximate surface area is 176 Å². The zero-order valence-corrected chi connectivity index (χ0v) is 19.2. The molecule has 0 fully saturated rings. The summed E-state index contributed by atoms with van der Waals surface area (Å²) >= 11 is 1.73. The predicted molar refractivity (Wildman–Crippen MR) is 122 cm³/mol.